The van der Waals surface area contributed by atoms with Gasteiger partial charge in [0.05, 0.1) is 5.56 Å². The fourth-order valence-corrected chi connectivity index (χ4v) is 3.07. The summed E-state index contributed by atoms with van der Waals surface area (Å²) in [6, 6.07) is 11.2. The molecule has 0 unspecified atom stereocenters. The number of carbonyl (C=O) groups excluding carboxylic acids is 2. The lowest BCUT2D eigenvalue weighted by atomic mass is 10.2. The molecule has 0 radical (unpaired) electrons. The Kier molecular flexibility index (Phi) is 5.80. The predicted octanol–water partition coefficient (Wildman–Crippen LogP) is 2.55. The van der Waals surface area contributed by atoms with Gasteiger partial charge in [0.25, 0.3) is 11.8 Å². The first-order valence-electron chi connectivity index (χ1n) is 9.07. The number of aromatic nitrogens is 1. The highest BCUT2D eigenvalue weighted by Gasteiger charge is 2.26. The molecule has 1 aromatic heterocycles. The molecule has 1 aliphatic rings. The number of nitrogens with zero attached hydrogens (tertiary/aromatic N) is 2. The number of nitriles is 1. The molecule has 1 fully saturated rings. The largest absolute Gasteiger partial charge is 0.482 e. The SMILES string of the molecule is Cc1cc(/C=C/C(=O)NNC(=O)COc2ccccc2C#N)c(C)n1C1CC1. The zero-order valence-electron chi connectivity index (χ0n) is 15.9. The lowest BCUT2D eigenvalue weighted by molar-refractivity contribution is -0.128. The van der Waals surface area contributed by atoms with E-state index in [0.29, 0.717) is 17.4 Å². The maximum absolute atomic E-state index is 11.9. The van der Waals surface area contributed by atoms with Crippen LogP contribution in [0.15, 0.2) is 36.4 Å². The number of benzene rings is 1. The van der Waals surface area contributed by atoms with Crippen LogP contribution in [0.1, 0.15) is 41.4 Å². The molecule has 0 spiro atoms. The summed E-state index contributed by atoms with van der Waals surface area (Å²) in [5.41, 5.74) is 8.25. The number of amides is 2. The smallest absolute Gasteiger partial charge is 0.276 e. The van der Waals surface area contributed by atoms with Gasteiger partial charge >= 0.3 is 0 Å². The normalized spacial score (nSPS) is 13.2. The third-order valence-corrected chi connectivity index (χ3v) is 4.54. The summed E-state index contributed by atoms with van der Waals surface area (Å²) in [6.45, 7) is 3.79. The number of ether oxygens (including phenoxy) is 1. The summed E-state index contributed by atoms with van der Waals surface area (Å²) in [6.07, 6.45) is 5.52. The van der Waals surface area contributed by atoms with E-state index in [1.807, 2.05) is 13.0 Å². The lowest BCUT2D eigenvalue weighted by Crippen LogP contribution is -2.43. The topological polar surface area (TPSA) is 96.2 Å². The molecule has 2 N–H and O–H groups in total. The summed E-state index contributed by atoms with van der Waals surface area (Å²) < 4.78 is 7.61. The van der Waals surface area contributed by atoms with Crippen molar-refractivity contribution in [1.82, 2.24) is 15.4 Å². The fourth-order valence-electron chi connectivity index (χ4n) is 3.07. The number of aryl methyl sites for hydroxylation is 1. The molecule has 3 rings (SSSR count). The van der Waals surface area contributed by atoms with Crippen molar-refractivity contribution >= 4 is 17.9 Å². The molecule has 1 heterocycles. The summed E-state index contributed by atoms with van der Waals surface area (Å²) in [4.78, 5) is 23.8. The van der Waals surface area contributed by atoms with E-state index in [9.17, 15) is 9.59 Å². The first-order valence-corrected chi connectivity index (χ1v) is 9.07. The van der Waals surface area contributed by atoms with Gasteiger partial charge in [0, 0.05) is 23.5 Å². The summed E-state index contributed by atoms with van der Waals surface area (Å²) >= 11 is 0. The molecule has 0 saturated heterocycles. The van der Waals surface area contributed by atoms with Gasteiger partial charge in [0.15, 0.2) is 6.61 Å². The van der Waals surface area contributed by atoms with Crippen molar-refractivity contribution in [2.45, 2.75) is 32.7 Å². The van der Waals surface area contributed by atoms with Gasteiger partial charge in [-0.2, -0.15) is 5.26 Å². The highest BCUT2D eigenvalue weighted by Crippen LogP contribution is 2.38. The van der Waals surface area contributed by atoms with Crippen LogP contribution in [0, 0.1) is 25.2 Å². The van der Waals surface area contributed by atoms with Gasteiger partial charge < -0.3 is 9.30 Å². The van der Waals surface area contributed by atoms with Crippen LogP contribution in [0.4, 0.5) is 0 Å². The van der Waals surface area contributed by atoms with Crippen molar-refractivity contribution in [2.24, 2.45) is 0 Å². The second kappa shape index (κ2) is 8.44. The molecule has 7 heteroatoms. The van der Waals surface area contributed by atoms with E-state index in [0.717, 1.165) is 11.3 Å². The second-order valence-electron chi connectivity index (χ2n) is 6.70. The van der Waals surface area contributed by atoms with E-state index in [1.54, 1.807) is 30.3 Å². The van der Waals surface area contributed by atoms with Crippen molar-refractivity contribution in [3.05, 3.63) is 58.9 Å². The Labute approximate surface area is 163 Å². The summed E-state index contributed by atoms with van der Waals surface area (Å²) in [7, 11) is 0. The molecule has 0 aliphatic heterocycles. The number of hydrazine groups is 1. The summed E-state index contributed by atoms with van der Waals surface area (Å²) in [5.74, 6) is -0.652. The van der Waals surface area contributed by atoms with Crippen molar-refractivity contribution in [2.75, 3.05) is 6.61 Å². The van der Waals surface area contributed by atoms with E-state index in [1.165, 1.54) is 24.6 Å². The molecule has 2 amide bonds. The molecule has 2 aromatic rings. The number of hydrogen-bond acceptors (Lipinski definition) is 4. The molecular weight excluding hydrogens is 356 g/mol. The maximum Gasteiger partial charge on any atom is 0.276 e. The Morgan fingerprint density at radius 3 is 2.75 bits per heavy atom. The van der Waals surface area contributed by atoms with Crippen LogP contribution in [-0.2, 0) is 9.59 Å². The standard InChI is InChI=1S/C21H22N4O3/c1-14-11-16(15(2)25(14)18-8-9-18)7-10-20(26)23-24-21(27)13-28-19-6-4-3-5-17(19)12-22/h3-7,10-11,18H,8-9,13H2,1-2H3,(H,23,26)(H,24,27)/b10-7+. The second-order valence-corrected chi connectivity index (χ2v) is 6.70. The quantitative estimate of drug-likeness (QED) is 0.596. The number of rotatable bonds is 6. The maximum atomic E-state index is 11.9. The van der Waals surface area contributed by atoms with Gasteiger partial charge in [-0.15, -0.1) is 0 Å². The van der Waals surface area contributed by atoms with E-state index in [2.05, 4.69) is 28.4 Å². The Hall–Kier alpha value is -3.53. The molecule has 0 atom stereocenters. The van der Waals surface area contributed by atoms with Crippen LogP contribution >= 0.6 is 0 Å². The predicted molar refractivity (Wildman–Crippen MR) is 104 cm³/mol. The minimum Gasteiger partial charge on any atom is -0.482 e. The van der Waals surface area contributed by atoms with Crippen LogP contribution in [0.2, 0.25) is 0 Å². The van der Waals surface area contributed by atoms with E-state index < -0.39 is 11.8 Å². The van der Waals surface area contributed by atoms with Crippen LogP contribution in [0.25, 0.3) is 6.08 Å². The van der Waals surface area contributed by atoms with Gasteiger partial charge in [-0.25, -0.2) is 0 Å². The third-order valence-electron chi connectivity index (χ3n) is 4.54. The van der Waals surface area contributed by atoms with Crippen molar-refractivity contribution in [3.8, 4) is 11.8 Å². The monoisotopic (exact) mass is 378 g/mol. The molecule has 0 bridgehead atoms. The van der Waals surface area contributed by atoms with Crippen molar-refractivity contribution in [1.29, 1.82) is 5.26 Å². The number of hydrogen-bond donors (Lipinski definition) is 2. The fraction of sp³-hybridized carbons (Fsp3) is 0.286. The van der Waals surface area contributed by atoms with Gasteiger partial charge in [-0.05, 0) is 56.5 Å². The van der Waals surface area contributed by atoms with Crippen LogP contribution in [-0.4, -0.2) is 23.0 Å². The zero-order chi connectivity index (χ0) is 20.1. The lowest BCUT2D eigenvalue weighted by Gasteiger charge is -2.08. The van der Waals surface area contributed by atoms with Crippen molar-refractivity contribution < 1.29 is 14.3 Å². The minimum atomic E-state index is -0.526. The highest BCUT2D eigenvalue weighted by molar-refractivity contribution is 5.93. The van der Waals surface area contributed by atoms with Gasteiger partial charge in [-0.3, -0.25) is 20.4 Å². The van der Waals surface area contributed by atoms with Crippen LogP contribution in [0.3, 0.4) is 0 Å². The molecule has 1 aromatic carbocycles. The first kappa shape index (κ1) is 19.2. The zero-order valence-corrected chi connectivity index (χ0v) is 15.9. The molecule has 28 heavy (non-hydrogen) atoms. The first-order chi connectivity index (χ1) is 13.5. The average Bonchev–Trinajstić information content (AvgIpc) is 3.48. The molecule has 1 aliphatic carbocycles. The Morgan fingerprint density at radius 2 is 2.04 bits per heavy atom. The van der Waals surface area contributed by atoms with Crippen molar-refractivity contribution in [3.63, 3.8) is 0 Å². The van der Waals surface area contributed by atoms with Crippen LogP contribution in [0.5, 0.6) is 5.75 Å². The summed E-state index contributed by atoms with van der Waals surface area (Å²) in [5, 5.41) is 8.99. The number of nitrogens with one attached hydrogen (secondary N) is 2. The average molecular weight is 378 g/mol. The van der Waals surface area contributed by atoms with Crippen LogP contribution < -0.4 is 15.6 Å². The molecule has 1 saturated carbocycles. The Balaban J connectivity index is 1.48. The van der Waals surface area contributed by atoms with E-state index >= 15 is 0 Å². The number of carbonyl (C=O) groups is 2. The van der Waals surface area contributed by atoms with Gasteiger partial charge in [0.1, 0.15) is 11.8 Å². The van der Waals surface area contributed by atoms with Gasteiger partial charge in [-0.1, -0.05) is 12.1 Å². The molecule has 7 nitrogen and oxygen atoms in total. The minimum absolute atomic E-state index is 0.314. The third kappa shape index (κ3) is 4.60. The molecular formula is C21H22N4O3. The Morgan fingerprint density at radius 1 is 1.29 bits per heavy atom. The number of para-hydroxylation sites is 1. The Bertz CT molecular complexity index is 965. The highest BCUT2D eigenvalue weighted by atomic mass is 16.5. The van der Waals surface area contributed by atoms with E-state index in [4.69, 9.17) is 10.00 Å². The van der Waals surface area contributed by atoms with E-state index in [-0.39, 0.29) is 6.61 Å². The van der Waals surface area contributed by atoms with Gasteiger partial charge in [0.2, 0.25) is 0 Å². The molecule has 144 valence electrons.